The topological polar surface area (TPSA) is 634 Å². The molecule has 6 heterocycles. The van der Waals surface area contributed by atoms with E-state index in [1.54, 1.807) is 0 Å². The van der Waals surface area contributed by atoms with Crippen LogP contribution in [0.1, 0.15) is 123 Å². The van der Waals surface area contributed by atoms with Crippen LogP contribution in [0.25, 0.3) is 0 Å². The van der Waals surface area contributed by atoms with Crippen LogP contribution in [0.15, 0.2) is 0 Å². The molecule has 630 valence electrons. The Kier molecular flexibility index (Phi) is 43.2. The average molecular weight is 1580 g/mol. The van der Waals surface area contributed by atoms with Crippen LogP contribution >= 0.6 is 0 Å². The summed E-state index contributed by atoms with van der Waals surface area (Å²) in [5.41, 5.74) is 10.8. The Hall–Kier alpha value is -3.67. The lowest BCUT2D eigenvalue weighted by molar-refractivity contribution is -0.359. The van der Waals surface area contributed by atoms with Crippen molar-refractivity contribution >= 4 is 29.3 Å². The number of nitrogens with one attached hydrogen (secondary N) is 4. The van der Waals surface area contributed by atoms with Gasteiger partial charge in [-0.25, -0.2) is 14.2 Å². The summed E-state index contributed by atoms with van der Waals surface area (Å²) in [5, 5.41) is 188. The molecule has 24 N–H and O–H groups in total. The number of aliphatic hydroxyl groups is 18. The van der Waals surface area contributed by atoms with Gasteiger partial charge in [0.25, 0.3) is 0 Å². The normalized spacial score (nSPS) is 37.5. The van der Waals surface area contributed by atoms with Gasteiger partial charge in [0.15, 0.2) is 50.1 Å². The van der Waals surface area contributed by atoms with Crippen LogP contribution in [-0.2, 0) is 80.8 Å². The van der Waals surface area contributed by atoms with Crippen LogP contribution in [0, 0.1) is 0 Å². The number of hydrogen-bond acceptors (Lipinski definition) is 37. The standard InChI is InChI=1S/C35H63FN4O18.C31H54FNO17/c1-17(43)18(8-6-7-11-37)39-40-23(45)10-5-3-2-4-9-22(44)38-12-13-53-33-24(36)32(58-35-31(52)29(50)26(47)20(15-42)56-35)27(48)21(57-33)16-54-34-30(51)28(49)25(46)19(14-41)55-34;1-2-33-19(37)10-6-4-3-5-8-15(36)9-7-11-45-29-20(32)28(50-31-27(44)25(42)22(39)17(13-35)48-31)23(40)18(49-29)14-46-30-26(43)24(41)21(38)16(12-34)47-30/h18-21,24-35,39,41-42,46-52H,2-16,37H2,1H3,(H,38,44)(H,40,45);16-18,20-31,34-35,38-44H,2-14H2,1H3,(H,33,37)/t18-,19+,20+,21+,24+,25+,26+,27+,28-,29-,30-,31-,32+,33+,34-,35+;16-,17-,18-,20-,21-,22-,23-,24+,25+,26+,27+,28-,29-,30+,31-/m01/s1. The van der Waals surface area contributed by atoms with Crippen LogP contribution in [0.5, 0.6) is 0 Å². The van der Waals surface area contributed by atoms with Crippen molar-refractivity contribution in [3.05, 3.63) is 0 Å². The van der Waals surface area contributed by atoms with Crippen LogP contribution in [0.3, 0.4) is 0 Å². The Morgan fingerprint density at radius 2 is 0.759 bits per heavy atom. The Morgan fingerprint density at radius 3 is 1.16 bits per heavy atom. The second-order valence-corrected chi connectivity index (χ2v) is 27.3. The number of hydrazine groups is 1. The fourth-order valence-corrected chi connectivity index (χ4v) is 12.4. The fourth-order valence-electron chi connectivity index (χ4n) is 12.4. The molecule has 108 heavy (non-hydrogen) atoms. The summed E-state index contributed by atoms with van der Waals surface area (Å²) >= 11 is 0. The average Bonchev–Trinajstić information content (AvgIpc) is 0.776. The number of carbonyl (C=O) groups is 5. The molecular formula is C66H117F2N5O35. The molecule has 0 aliphatic carbocycles. The largest absolute Gasteiger partial charge is 0.394 e. The molecule has 6 aliphatic rings. The smallest absolute Gasteiger partial charge is 0.234 e. The summed E-state index contributed by atoms with van der Waals surface area (Å²) in [4.78, 5) is 60.2. The van der Waals surface area contributed by atoms with E-state index in [2.05, 4.69) is 21.5 Å². The first-order valence-electron chi connectivity index (χ1n) is 36.7. The summed E-state index contributed by atoms with van der Waals surface area (Å²) in [6, 6.07) is -0.485. The molecule has 6 fully saturated rings. The number of hydrogen-bond donors (Lipinski definition) is 23. The van der Waals surface area contributed by atoms with Crippen LogP contribution < -0.4 is 27.2 Å². The Bertz CT molecular complexity index is 2580. The van der Waals surface area contributed by atoms with E-state index in [4.69, 9.17) is 62.6 Å². The SMILES string of the molecule is CC(=O)[C@H](CCCCN)NNC(=O)CCCCCCC(=O)NCCO[C@@H]1O[C@H](CO[C@H]2O[C@H](CO)[C@@H](O)[C@H](O)[C@@H]2O)[C@@H](O)[C@H](O[C@H]2O[C@H](CO)[C@@H](O)[C@H](O)[C@@H]2O)[C@H]1F.CCNC(=O)CCCCCCC(=O)CCCO[C@@H]1O[C@H](CO[C@H]2O[C@H](CO)[C@@H](O)[C@H](O)[C@@H]2O)[C@@H](O)[C@H](O[C@H]2O[C@H](CO)[C@@H](O)[C@H](O)[C@@H]2O)[C@H]1F. The van der Waals surface area contributed by atoms with Crippen molar-refractivity contribution in [3.63, 3.8) is 0 Å². The van der Waals surface area contributed by atoms with E-state index >= 15 is 8.78 Å². The van der Waals surface area contributed by atoms with E-state index in [1.165, 1.54) is 6.92 Å². The van der Waals surface area contributed by atoms with E-state index in [9.17, 15) is 116 Å². The van der Waals surface area contributed by atoms with Gasteiger partial charge in [0.1, 0.15) is 146 Å². The second kappa shape index (κ2) is 49.2. The predicted molar refractivity (Wildman–Crippen MR) is 358 cm³/mol. The van der Waals surface area contributed by atoms with Gasteiger partial charge in [-0.2, -0.15) is 0 Å². The maximum atomic E-state index is 15.9. The van der Waals surface area contributed by atoms with Crippen molar-refractivity contribution in [2.75, 3.05) is 72.5 Å². The molecule has 0 bridgehead atoms. The molecule has 0 saturated carbocycles. The Balaban J connectivity index is 0.000000391. The number of Topliss-reactive ketones (excluding diaryl/α,β-unsaturated/α-hetero) is 2. The third-order valence-corrected chi connectivity index (χ3v) is 19.0. The number of halogens is 2. The van der Waals surface area contributed by atoms with Crippen molar-refractivity contribution < 1.29 is 182 Å². The van der Waals surface area contributed by atoms with Gasteiger partial charge in [-0.3, -0.25) is 29.4 Å². The zero-order valence-corrected chi connectivity index (χ0v) is 60.5. The van der Waals surface area contributed by atoms with Crippen LogP contribution in [0.4, 0.5) is 8.78 Å². The maximum absolute atomic E-state index is 15.9. The van der Waals surface area contributed by atoms with Crippen molar-refractivity contribution in [1.82, 2.24) is 21.5 Å². The lowest BCUT2D eigenvalue weighted by Crippen LogP contribution is -2.64. The summed E-state index contributed by atoms with van der Waals surface area (Å²) < 4.78 is 97.4. The molecule has 0 spiro atoms. The molecule has 6 saturated heterocycles. The minimum Gasteiger partial charge on any atom is -0.394 e. The number of carbonyl (C=O) groups excluding carboxylic acids is 5. The molecule has 40 nitrogen and oxygen atoms in total. The fraction of sp³-hybridized carbons (Fsp3) is 0.924. The van der Waals surface area contributed by atoms with Gasteiger partial charge in [0.2, 0.25) is 17.7 Å². The molecule has 0 unspecified atom stereocenters. The molecular weight excluding hydrogens is 1460 g/mol. The molecule has 42 heteroatoms. The number of rotatable bonds is 45. The number of ketones is 2. The van der Waals surface area contributed by atoms with Gasteiger partial charge in [-0.05, 0) is 65.3 Å². The predicted octanol–water partition coefficient (Wildman–Crippen LogP) is -9.15. The molecule has 6 rings (SSSR count). The van der Waals surface area contributed by atoms with Crippen molar-refractivity contribution in [3.8, 4) is 0 Å². The molecule has 6 aliphatic heterocycles. The van der Waals surface area contributed by atoms with E-state index in [1.807, 2.05) is 6.92 Å². The number of amides is 3. The molecule has 0 aromatic rings. The van der Waals surface area contributed by atoms with Crippen molar-refractivity contribution in [1.29, 1.82) is 0 Å². The van der Waals surface area contributed by atoms with E-state index in [0.717, 1.165) is 32.1 Å². The van der Waals surface area contributed by atoms with Crippen LogP contribution in [0.2, 0.25) is 0 Å². The summed E-state index contributed by atoms with van der Waals surface area (Å²) in [7, 11) is 0. The van der Waals surface area contributed by atoms with Crippen molar-refractivity contribution in [2.24, 2.45) is 5.73 Å². The summed E-state index contributed by atoms with van der Waals surface area (Å²) in [5.74, 6) is -0.717. The van der Waals surface area contributed by atoms with Gasteiger partial charge >= 0.3 is 0 Å². The number of alkyl halides is 2. The van der Waals surface area contributed by atoms with Gasteiger partial charge in [0, 0.05) is 45.2 Å². The molecule has 0 aromatic carbocycles. The quantitative estimate of drug-likeness (QED) is 0.0199. The van der Waals surface area contributed by atoms with E-state index < -0.39 is 230 Å². The lowest BCUT2D eigenvalue weighted by Gasteiger charge is -2.46. The third kappa shape index (κ3) is 28.7. The number of unbranched alkanes of at least 4 members (excludes halogenated alkanes) is 7. The summed E-state index contributed by atoms with van der Waals surface area (Å²) in [6.45, 7) is -0.589. The third-order valence-electron chi connectivity index (χ3n) is 19.0. The maximum Gasteiger partial charge on any atom is 0.234 e. The minimum absolute atomic E-state index is 0.00466. The van der Waals surface area contributed by atoms with Gasteiger partial charge in [0.05, 0.1) is 58.9 Å². The Morgan fingerprint density at radius 1 is 0.398 bits per heavy atom. The monoisotopic (exact) mass is 1580 g/mol. The highest BCUT2D eigenvalue weighted by Crippen LogP contribution is 2.35. The second-order valence-electron chi connectivity index (χ2n) is 27.3. The minimum atomic E-state index is -2.31. The first-order valence-corrected chi connectivity index (χ1v) is 36.7. The highest BCUT2D eigenvalue weighted by molar-refractivity contribution is 5.82. The number of aliphatic hydroxyl groups excluding tert-OH is 18. The molecule has 0 radical (unpaired) electrons. The highest BCUT2D eigenvalue weighted by Gasteiger charge is 2.55. The molecule has 31 atom stereocenters. The van der Waals surface area contributed by atoms with Gasteiger partial charge in [-0.1, -0.05) is 32.1 Å². The number of nitrogens with two attached hydrogens (primary N) is 1. The first-order chi connectivity index (χ1) is 51.5. The van der Waals surface area contributed by atoms with Crippen LogP contribution in [-0.4, -0.2) is 384 Å². The first kappa shape index (κ1) is 94.9. The zero-order valence-electron chi connectivity index (χ0n) is 60.5. The van der Waals surface area contributed by atoms with Gasteiger partial charge in [-0.15, -0.1) is 0 Å². The highest BCUT2D eigenvalue weighted by atomic mass is 19.1. The number of ether oxygens (including phenoxy) is 12. The van der Waals surface area contributed by atoms with E-state index in [-0.39, 0.29) is 74.7 Å². The summed E-state index contributed by atoms with van der Waals surface area (Å²) in [6.07, 6.45) is -43.8. The zero-order chi connectivity index (χ0) is 79.9. The molecule has 0 aromatic heterocycles. The van der Waals surface area contributed by atoms with E-state index in [0.29, 0.717) is 64.5 Å². The Labute approximate surface area is 622 Å². The lowest BCUT2D eigenvalue weighted by atomic mass is 9.97. The molecule has 3 amide bonds. The van der Waals surface area contributed by atoms with Gasteiger partial charge < -0.3 is 165 Å². The van der Waals surface area contributed by atoms with Crippen molar-refractivity contribution in [2.45, 2.75) is 313 Å².